The first-order chi connectivity index (χ1) is 16.4. The van der Waals surface area contributed by atoms with Gasteiger partial charge >= 0.3 is 0 Å². The van der Waals surface area contributed by atoms with Crippen LogP contribution < -0.4 is 9.47 Å². The predicted octanol–water partition coefficient (Wildman–Crippen LogP) is 7.26. The smallest absolute Gasteiger partial charge is 0.246 e. The van der Waals surface area contributed by atoms with E-state index < -0.39 is 0 Å². The van der Waals surface area contributed by atoms with Gasteiger partial charge in [0, 0.05) is 41.2 Å². The summed E-state index contributed by atoms with van der Waals surface area (Å²) in [6, 6.07) is 10.1. The lowest BCUT2D eigenvalue weighted by atomic mass is 9.96. The molecule has 0 fully saturated rings. The Morgan fingerprint density at radius 3 is 2.24 bits per heavy atom. The average molecular weight is 464 g/mol. The molecule has 0 bridgehead atoms. The zero-order chi connectivity index (χ0) is 24.7. The van der Waals surface area contributed by atoms with E-state index in [0.717, 1.165) is 76.2 Å². The maximum absolute atomic E-state index is 13.0. The normalized spacial score (nSPS) is 11.6. The molecule has 34 heavy (non-hydrogen) atoms. The summed E-state index contributed by atoms with van der Waals surface area (Å²) in [6.07, 6.45) is 5.41. The maximum Gasteiger partial charge on any atom is 0.246 e. The molecule has 5 nitrogen and oxygen atoms in total. The SMILES string of the molecule is CCCN(CCC)C(=O)/C=C(\C)c1cc2c(-c3ccc(OCC)cc3)coc2c(C)c1OCC. The molecule has 1 aromatic heterocycles. The summed E-state index contributed by atoms with van der Waals surface area (Å²) >= 11 is 0. The monoisotopic (exact) mass is 463 g/mol. The number of amides is 1. The van der Waals surface area contributed by atoms with Crippen LogP contribution in [0.2, 0.25) is 0 Å². The minimum absolute atomic E-state index is 0.0420. The van der Waals surface area contributed by atoms with E-state index in [2.05, 4.69) is 19.9 Å². The molecule has 0 atom stereocenters. The van der Waals surface area contributed by atoms with Crippen LogP contribution in [0.1, 0.15) is 58.6 Å². The van der Waals surface area contributed by atoms with Crippen LogP contribution in [0.15, 0.2) is 47.1 Å². The Hall–Kier alpha value is -3.21. The van der Waals surface area contributed by atoms with Crippen molar-refractivity contribution in [3.05, 3.63) is 53.8 Å². The number of rotatable bonds is 11. The first-order valence-corrected chi connectivity index (χ1v) is 12.3. The number of ether oxygens (including phenoxy) is 2. The fourth-order valence-corrected chi connectivity index (χ4v) is 4.29. The lowest BCUT2D eigenvalue weighted by molar-refractivity contribution is -0.126. The van der Waals surface area contributed by atoms with Gasteiger partial charge in [-0.15, -0.1) is 0 Å². The molecule has 182 valence electrons. The quantitative estimate of drug-likeness (QED) is 0.281. The Morgan fingerprint density at radius 2 is 1.65 bits per heavy atom. The van der Waals surface area contributed by atoms with E-state index in [1.54, 1.807) is 12.3 Å². The number of furan rings is 1. The summed E-state index contributed by atoms with van der Waals surface area (Å²) in [5.74, 6) is 1.65. The lowest BCUT2D eigenvalue weighted by Crippen LogP contribution is -2.31. The van der Waals surface area contributed by atoms with Crippen molar-refractivity contribution in [3.8, 4) is 22.6 Å². The number of carbonyl (C=O) groups is 1. The van der Waals surface area contributed by atoms with E-state index >= 15 is 0 Å². The van der Waals surface area contributed by atoms with E-state index in [-0.39, 0.29) is 5.91 Å². The van der Waals surface area contributed by atoms with E-state index in [1.807, 2.05) is 56.9 Å². The van der Waals surface area contributed by atoms with Crippen LogP contribution >= 0.6 is 0 Å². The van der Waals surface area contributed by atoms with E-state index in [4.69, 9.17) is 13.9 Å². The molecule has 0 aliphatic heterocycles. The predicted molar refractivity (Wildman–Crippen MR) is 140 cm³/mol. The van der Waals surface area contributed by atoms with Crippen LogP contribution in [0.3, 0.4) is 0 Å². The fourth-order valence-electron chi connectivity index (χ4n) is 4.29. The molecular formula is C29H37NO4. The van der Waals surface area contributed by atoms with Gasteiger partial charge in [-0.2, -0.15) is 0 Å². The highest BCUT2D eigenvalue weighted by molar-refractivity contribution is 6.01. The highest BCUT2D eigenvalue weighted by Crippen LogP contribution is 2.41. The van der Waals surface area contributed by atoms with Crippen molar-refractivity contribution in [1.82, 2.24) is 4.90 Å². The minimum atomic E-state index is 0.0420. The Kier molecular flexibility index (Phi) is 8.80. The molecule has 0 radical (unpaired) electrons. The number of allylic oxidation sites excluding steroid dienone is 1. The standard InChI is InChI=1S/C29H37NO4/c1-7-15-30(16-8-2)27(31)17-20(5)24-18-25-26(22-11-13-23(14-12-22)32-9-3)19-34-29(25)21(6)28(24)33-10-4/h11-14,17-19H,7-10,15-16H2,1-6H3/b20-17+. The summed E-state index contributed by atoms with van der Waals surface area (Å²) < 4.78 is 17.6. The van der Waals surface area contributed by atoms with Crippen LogP contribution in [0, 0.1) is 6.92 Å². The van der Waals surface area contributed by atoms with Crippen LogP contribution in [0.4, 0.5) is 0 Å². The number of benzene rings is 2. The van der Waals surface area contributed by atoms with Gasteiger partial charge in [-0.3, -0.25) is 4.79 Å². The van der Waals surface area contributed by atoms with Crippen molar-refractivity contribution >= 4 is 22.4 Å². The molecule has 0 saturated carbocycles. The number of aryl methyl sites for hydroxylation is 1. The van der Waals surface area contributed by atoms with Crippen LogP contribution in [0.25, 0.3) is 27.7 Å². The Balaban J connectivity index is 2.10. The zero-order valence-electron chi connectivity index (χ0n) is 21.4. The molecule has 2 aromatic carbocycles. The van der Waals surface area contributed by atoms with Crippen molar-refractivity contribution in [1.29, 1.82) is 0 Å². The van der Waals surface area contributed by atoms with Crippen molar-refractivity contribution in [3.63, 3.8) is 0 Å². The molecule has 0 unspecified atom stereocenters. The van der Waals surface area contributed by atoms with Gasteiger partial charge in [0.15, 0.2) is 0 Å². The number of hydrogen-bond acceptors (Lipinski definition) is 4. The van der Waals surface area contributed by atoms with Gasteiger partial charge in [0.2, 0.25) is 5.91 Å². The Bertz CT molecular complexity index is 1140. The molecule has 0 aliphatic rings. The molecule has 0 N–H and O–H groups in total. The van der Waals surface area contributed by atoms with Gasteiger partial charge in [0.05, 0.1) is 19.5 Å². The Morgan fingerprint density at radius 1 is 1.00 bits per heavy atom. The van der Waals surface area contributed by atoms with E-state index in [9.17, 15) is 4.79 Å². The van der Waals surface area contributed by atoms with Crippen LogP contribution in [-0.2, 0) is 4.79 Å². The first kappa shape index (κ1) is 25.4. The average Bonchev–Trinajstić information content (AvgIpc) is 3.25. The second kappa shape index (κ2) is 11.8. The highest BCUT2D eigenvalue weighted by Gasteiger charge is 2.20. The largest absolute Gasteiger partial charge is 0.494 e. The summed E-state index contributed by atoms with van der Waals surface area (Å²) in [5.41, 5.74) is 5.59. The first-order valence-electron chi connectivity index (χ1n) is 12.3. The molecular weight excluding hydrogens is 426 g/mol. The van der Waals surface area contributed by atoms with Crippen LogP contribution in [0.5, 0.6) is 11.5 Å². The van der Waals surface area contributed by atoms with Crippen LogP contribution in [-0.4, -0.2) is 37.1 Å². The van der Waals surface area contributed by atoms with Crippen molar-refractivity contribution in [2.75, 3.05) is 26.3 Å². The number of carbonyl (C=O) groups excluding carboxylic acids is 1. The van der Waals surface area contributed by atoms with Crippen molar-refractivity contribution in [2.24, 2.45) is 0 Å². The fraction of sp³-hybridized carbons (Fsp3) is 0.414. The topological polar surface area (TPSA) is 51.9 Å². The molecule has 3 rings (SSSR count). The molecule has 1 amide bonds. The van der Waals surface area contributed by atoms with Gasteiger partial charge in [0.25, 0.3) is 0 Å². The highest BCUT2D eigenvalue weighted by atomic mass is 16.5. The molecule has 5 heteroatoms. The molecule has 0 spiro atoms. The summed E-state index contributed by atoms with van der Waals surface area (Å²) in [4.78, 5) is 14.9. The van der Waals surface area contributed by atoms with Crippen molar-refractivity contribution in [2.45, 2.75) is 54.4 Å². The number of hydrogen-bond donors (Lipinski definition) is 0. The second-order valence-corrected chi connectivity index (χ2v) is 8.45. The maximum atomic E-state index is 13.0. The van der Waals surface area contributed by atoms with Gasteiger partial charge in [0.1, 0.15) is 17.1 Å². The zero-order valence-corrected chi connectivity index (χ0v) is 21.4. The number of fused-ring (bicyclic) bond motifs is 1. The second-order valence-electron chi connectivity index (χ2n) is 8.45. The summed E-state index contributed by atoms with van der Waals surface area (Å²) in [5, 5.41) is 0.999. The van der Waals surface area contributed by atoms with Gasteiger partial charge < -0.3 is 18.8 Å². The minimum Gasteiger partial charge on any atom is -0.494 e. The van der Waals surface area contributed by atoms with Gasteiger partial charge in [-0.1, -0.05) is 26.0 Å². The molecule has 3 aromatic rings. The van der Waals surface area contributed by atoms with Gasteiger partial charge in [-0.05, 0) is 69.9 Å². The number of nitrogens with zero attached hydrogens (tertiary/aromatic N) is 1. The van der Waals surface area contributed by atoms with Gasteiger partial charge in [-0.25, -0.2) is 0 Å². The third kappa shape index (κ3) is 5.46. The van der Waals surface area contributed by atoms with E-state index in [1.165, 1.54) is 0 Å². The third-order valence-electron chi connectivity index (χ3n) is 5.87. The third-order valence-corrected chi connectivity index (χ3v) is 5.87. The molecule has 1 heterocycles. The van der Waals surface area contributed by atoms with Crippen molar-refractivity contribution < 1.29 is 18.7 Å². The summed E-state index contributed by atoms with van der Waals surface area (Å²) in [6.45, 7) is 14.8. The summed E-state index contributed by atoms with van der Waals surface area (Å²) in [7, 11) is 0. The molecule has 0 aliphatic carbocycles. The van der Waals surface area contributed by atoms with E-state index in [0.29, 0.717) is 13.2 Å². The lowest BCUT2D eigenvalue weighted by Gasteiger charge is -2.20. The molecule has 0 saturated heterocycles. The Labute approximate surface area is 203 Å².